The zero-order chi connectivity index (χ0) is 15.8. The highest BCUT2D eigenvalue weighted by Crippen LogP contribution is 2.40. The van der Waals surface area contributed by atoms with Crippen LogP contribution in [0.15, 0.2) is 0 Å². The molecule has 0 amide bonds. The van der Waals surface area contributed by atoms with Crippen LogP contribution in [0.3, 0.4) is 0 Å². The first-order valence-corrected chi connectivity index (χ1v) is 6.76. The number of carbonyl (C=O) groups is 1. The first kappa shape index (κ1) is 19.2. The summed E-state index contributed by atoms with van der Waals surface area (Å²) in [6.07, 6.45) is -6.49. The number of halogens is 6. The third-order valence-electron chi connectivity index (χ3n) is 3.00. The van der Waals surface area contributed by atoms with Crippen LogP contribution in [0.4, 0.5) is 26.3 Å². The number of carbonyl (C=O) groups excluding carboxylic acids is 1. The molecule has 0 saturated heterocycles. The molecule has 0 rings (SSSR count). The topological polar surface area (TPSA) is 17.1 Å². The van der Waals surface area contributed by atoms with E-state index in [0.29, 0.717) is 6.42 Å². The van der Waals surface area contributed by atoms with Crippen molar-refractivity contribution in [2.24, 2.45) is 5.92 Å². The van der Waals surface area contributed by atoms with Gasteiger partial charge in [0.1, 0.15) is 0 Å². The van der Waals surface area contributed by atoms with Crippen molar-refractivity contribution in [1.29, 1.82) is 0 Å². The molecule has 0 radical (unpaired) electrons. The van der Waals surface area contributed by atoms with Gasteiger partial charge >= 0.3 is 12.4 Å². The molecule has 7 heteroatoms. The Morgan fingerprint density at radius 3 is 1.60 bits per heavy atom. The van der Waals surface area contributed by atoms with E-state index in [-0.39, 0.29) is 6.42 Å². The second-order valence-electron chi connectivity index (χ2n) is 4.85. The number of ketones is 1. The molecule has 0 bridgehead atoms. The maximum Gasteiger partial charge on any atom is 0.407 e. The fourth-order valence-electron chi connectivity index (χ4n) is 1.95. The van der Waals surface area contributed by atoms with Crippen LogP contribution in [0, 0.1) is 5.92 Å². The Labute approximate surface area is 114 Å². The first-order chi connectivity index (χ1) is 9.10. The highest BCUT2D eigenvalue weighted by Gasteiger charge is 2.60. The Hall–Kier alpha value is -0.750. The number of hydrogen-bond donors (Lipinski definition) is 0. The zero-order valence-corrected chi connectivity index (χ0v) is 11.4. The van der Waals surface area contributed by atoms with Crippen molar-refractivity contribution >= 4 is 5.78 Å². The summed E-state index contributed by atoms with van der Waals surface area (Å²) in [5.74, 6) is -5.62. The van der Waals surface area contributed by atoms with Crippen LogP contribution in [0.25, 0.3) is 0 Å². The van der Waals surface area contributed by atoms with Gasteiger partial charge in [-0.15, -0.1) is 0 Å². The van der Waals surface area contributed by atoms with Crippen molar-refractivity contribution in [3.05, 3.63) is 0 Å². The molecule has 0 aliphatic carbocycles. The summed E-state index contributed by atoms with van der Waals surface area (Å²) in [7, 11) is 0. The standard InChI is InChI=1S/C13H20F6O/c1-2-3-4-5-6-7-8-9-10(20)11(12(14,15)16)13(17,18)19/h11H,2-9H2,1H3. The lowest BCUT2D eigenvalue weighted by Crippen LogP contribution is -2.42. The van der Waals surface area contributed by atoms with Crippen molar-refractivity contribution in [3.8, 4) is 0 Å². The van der Waals surface area contributed by atoms with E-state index in [4.69, 9.17) is 0 Å². The van der Waals surface area contributed by atoms with Crippen molar-refractivity contribution in [1.82, 2.24) is 0 Å². The Kier molecular flexibility index (Phi) is 8.20. The molecule has 1 nitrogen and oxygen atoms in total. The maximum absolute atomic E-state index is 12.2. The van der Waals surface area contributed by atoms with Crippen LogP contribution in [0.2, 0.25) is 0 Å². The van der Waals surface area contributed by atoms with Crippen molar-refractivity contribution < 1.29 is 31.1 Å². The number of rotatable bonds is 9. The van der Waals surface area contributed by atoms with Crippen molar-refractivity contribution in [2.45, 2.75) is 70.6 Å². The van der Waals surface area contributed by atoms with Gasteiger partial charge in [0.15, 0.2) is 5.78 Å². The van der Waals surface area contributed by atoms with Gasteiger partial charge in [-0.1, -0.05) is 45.4 Å². The van der Waals surface area contributed by atoms with Crippen LogP contribution in [-0.4, -0.2) is 18.1 Å². The molecule has 0 N–H and O–H groups in total. The second kappa shape index (κ2) is 8.52. The SMILES string of the molecule is CCCCCCCCCC(=O)C(C(F)(F)F)C(F)(F)F. The van der Waals surface area contributed by atoms with E-state index in [1.165, 1.54) is 0 Å². The highest BCUT2D eigenvalue weighted by atomic mass is 19.4. The van der Waals surface area contributed by atoms with E-state index in [9.17, 15) is 31.1 Å². The molecule has 0 aromatic rings. The minimum atomic E-state index is -5.56. The molecule has 0 aromatic heterocycles. The van der Waals surface area contributed by atoms with E-state index >= 15 is 0 Å². The normalized spacial score (nSPS) is 13.0. The number of unbranched alkanes of at least 4 members (excludes halogenated alkanes) is 6. The molecular weight excluding hydrogens is 286 g/mol. The van der Waals surface area contributed by atoms with Crippen LogP contribution < -0.4 is 0 Å². The summed E-state index contributed by atoms with van der Waals surface area (Å²) in [6.45, 7) is 2.03. The predicted molar refractivity (Wildman–Crippen MR) is 63.2 cm³/mol. The van der Waals surface area contributed by atoms with Gasteiger partial charge in [-0.05, 0) is 6.42 Å². The van der Waals surface area contributed by atoms with Gasteiger partial charge in [-0.2, -0.15) is 26.3 Å². The molecule has 20 heavy (non-hydrogen) atoms. The molecule has 0 fully saturated rings. The Balaban J connectivity index is 4.11. The van der Waals surface area contributed by atoms with Gasteiger partial charge in [-0.25, -0.2) is 0 Å². The molecule has 0 unspecified atom stereocenters. The minimum absolute atomic E-state index is 0.0770. The number of Topliss-reactive ketones (excluding diaryl/α,β-unsaturated/α-hetero) is 1. The molecular formula is C13H20F6O. The zero-order valence-electron chi connectivity index (χ0n) is 11.4. The fraction of sp³-hybridized carbons (Fsp3) is 0.923. The monoisotopic (exact) mass is 306 g/mol. The number of alkyl halides is 6. The minimum Gasteiger partial charge on any atom is -0.299 e. The molecule has 0 aliphatic heterocycles. The average molecular weight is 306 g/mol. The summed E-state index contributed by atoms with van der Waals surface area (Å²) in [5, 5.41) is 0. The van der Waals surface area contributed by atoms with Gasteiger partial charge in [-0.3, -0.25) is 4.79 Å². The van der Waals surface area contributed by atoms with E-state index in [2.05, 4.69) is 0 Å². The molecule has 0 heterocycles. The van der Waals surface area contributed by atoms with Gasteiger partial charge in [0.25, 0.3) is 0 Å². The van der Waals surface area contributed by atoms with Crippen molar-refractivity contribution in [3.63, 3.8) is 0 Å². The van der Waals surface area contributed by atoms with Crippen molar-refractivity contribution in [2.75, 3.05) is 0 Å². The summed E-state index contributed by atoms with van der Waals surface area (Å²) >= 11 is 0. The molecule has 0 atom stereocenters. The summed E-state index contributed by atoms with van der Waals surface area (Å²) in [5.41, 5.74) is 0. The lowest BCUT2D eigenvalue weighted by atomic mass is 9.97. The number of hydrogen-bond acceptors (Lipinski definition) is 1. The molecule has 0 saturated carbocycles. The predicted octanol–water partition coefficient (Wildman–Crippen LogP) is 5.44. The van der Waals surface area contributed by atoms with E-state index in [1.54, 1.807) is 0 Å². The molecule has 0 aromatic carbocycles. The Morgan fingerprint density at radius 1 is 0.800 bits per heavy atom. The quantitative estimate of drug-likeness (QED) is 0.409. The lowest BCUT2D eigenvalue weighted by molar-refractivity contribution is -0.273. The van der Waals surface area contributed by atoms with Crippen LogP contribution in [0.1, 0.15) is 58.3 Å². The largest absolute Gasteiger partial charge is 0.407 e. The van der Waals surface area contributed by atoms with E-state index in [1.807, 2.05) is 6.92 Å². The summed E-state index contributed by atoms with van der Waals surface area (Å²) in [6, 6.07) is 0. The van der Waals surface area contributed by atoms with E-state index < -0.39 is 30.5 Å². The smallest absolute Gasteiger partial charge is 0.299 e. The Bertz CT molecular complexity index is 268. The van der Waals surface area contributed by atoms with E-state index in [0.717, 1.165) is 32.1 Å². The molecule has 0 aliphatic rings. The second-order valence-corrected chi connectivity index (χ2v) is 4.85. The van der Waals surface area contributed by atoms with Gasteiger partial charge < -0.3 is 0 Å². The van der Waals surface area contributed by atoms with Gasteiger partial charge in [0.05, 0.1) is 0 Å². The summed E-state index contributed by atoms with van der Waals surface area (Å²) < 4.78 is 73.4. The molecule has 0 spiro atoms. The van der Waals surface area contributed by atoms with Crippen LogP contribution in [0.5, 0.6) is 0 Å². The Morgan fingerprint density at radius 2 is 1.20 bits per heavy atom. The van der Waals surface area contributed by atoms with Gasteiger partial charge in [0.2, 0.25) is 5.92 Å². The average Bonchev–Trinajstić information content (AvgIpc) is 2.23. The fourth-order valence-corrected chi connectivity index (χ4v) is 1.95. The highest BCUT2D eigenvalue weighted by molar-refractivity contribution is 5.82. The van der Waals surface area contributed by atoms with Crippen LogP contribution >= 0.6 is 0 Å². The lowest BCUT2D eigenvalue weighted by Gasteiger charge is -2.21. The summed E-state index contributed by atoms with van der Waals surface area (Å²) in [4.78, 5) is 11.1. The van der Waals surface area contributed by atoms with Gasteiger partial charge in [0, 0.05) is 6.42 Å². The third kappa shape index (κ3) is 7.75. The molecule has 120 valence electrons. The first-order valence-electron chi connectivity index (χ1n) is 6.76. The maximum atomic E-state index is 12.2. The van der Waals surface area contributed by atoms with Crippen LogP contribution in [-0.2, 0) is 4.79 Å². The third-order valence-corrected chi connectivity index (χ3v) is 3.00.